The molecule has 0 spiro atoms. The van der Waals surface area contributed by atoms with E-state index in [4.69, 9.17) is 23.8 Å². The number of para-hydroxylation sites is 2. The van der Waals surface area contributed by atoms with Gasteiger partial charge >= 0.3 is 0 Å². The van der Waals surface area contributed by atoms with Crippen LogP contribution in [0.3, 0.4) is 0 Å². The van der Waals surface area contributed by atoms with Crippen molar-refractivity contribution >= 4 is 49.5 Å². The van der Waals surface area contributed by atoms with Gasteiger partial charge in [-0.25, -0.2) is 15.0 Å². The number of nitrogens with zero attached hydrogens (tertiary/aromatic N) is 3. The van der Waals surface area contributed by atoms with Gasteiger partial charge in [0.15, 0.2) is 17.5 Å². The Hall–Kier alpha value is -7.89. The van der Waals surface area contributed by atoms with Crippen LogP contribution < -0.4 is 0 Å². The third kappa shape index (κ3) is 5.74. The van der Waals surface area contributed by atoms with E-state index in [-0.39, 0.29) is 0 Å². The molecule has 11 aromatic rings. The Kier molecular flexibility index (Phi) is 7.91. The fraction of sp³-hybridized carbons (Fsp3) is 0.0364. The lowest BCUT2D eigenvalue weighted by Crippen LogP contribution is -2.01. The number of benzene rings is 8. The SMILES string of the molecule is C1=C(c2ccc(-c3nc(-c4ccccc4)nc(-c4ccc(-c5cccc6oc7ccc(-c8cccc9c8oc8ccccc89)cc7c56)cc4)n3)cc2)c2ccccc2CC1. The molecule has 5 heteroatoms. The van der Waals surface area contributed by atoms with Crippen molar-refractivity contribution in [3.05, 3.63) is 205 Å². The Bertz CT molecular complexity index is 3470. The van der Waals surface area contributed by atoms with Gasteiger partial charge < -0.3 is 8.83 Å². The second kappa shape index (κ2) is 13.9. The number of hydrogen-bond acceptors (Lipinski definition) is 5. The molecule has 3 aromatic heterocycles. The lowest BCUT2D eigenvalue weighted by molar-refractivity contribution is 0.668. The molecule has 0 aliphatic heterocycles. The standard InChI is InChI=1S/C55H35N3O2/c1-2-12-37(13-3-1)53-56-54(38-27-23-35(24-28-38)42-17-8-14-34-11-4-5-15-41(34)42)58-55(57-53)39-29-25-36(26-30-39)43-18-10-22-50-51(43)47-33-40(31-32-49(47)59-50)44-19-9-20-46-45-16-6-7-21-48(45)60-52(44)46/h1-7,9-13,15-33H,8,14H2. The lowest BCUT2D eigenvalue weighted by atomic mass is 9.87. The summed E-state index contributed by atoms with van der Waals surface area (Å²) < 4.78 is 12.9. The minimum atomic E-state index is 0.620. The molecule has 0 atom stereocenters. The van der Waals surface area contributed by atoms with Gasteiger partial charge in [0.25, 0.3) is 0 Å². The summed E-state index contributed by atoms with van der Waals surface area (Å²) in [5.41, 5.74) is 15.7. The van der Waals surface area contributed by atoms with Crippen LogP contribution in [-0.4, -0.2) is 15.0 Å². The maximum Gasteiger partial charge on any atom is 0.164 e. The lowest BCUT2D eigenvalue weighted by Gasteiger charge is -2.18. The summed E-state index contributed by atoms with van der Waals surface area (Å²) in [6, 6.07) is 63.2. The van der Waals surface area contributed by atoms with E-state index >= 15 is 0 Å². The number of furan rings is 2. The molecule has 0 saturated carbocycles. The summed E-state index contributed by atoms with van der Waals surface area (Å²) in [5, 5.41) is 4.36. The van der Waals surface area contributed by atoms with Crippen molar-refractivity contribution in [2.45, 2.75) is 12.8 Å². The van der Waals surface area contributed by atoms with Crippen molar-refractivity contribution in [1.82, 2.24) is 15.0 Å². The van der Waals surface area contributed by atoms with E-state index in [9.17, 15) is 0 Å². The van der Waals surface area contributed by atoms with Crippen LogP contribution in [-0.2, 0) is 6.42 Å². The van der Waals surface area contributed by atoms with Crippen molar-refractivity contribution in [2.24, 2.45) is 0 Å². The zero-order valence-corrected chi connectivity index (χ0v) is 32.5. The number of rotatable bonds is 6. The number of hydrogen-bond donors (Lipinski definition) is 0. The first-order chi connectivity index (χ1) is 29.7. The molecule has 1 aliphatic carbocycles. The highest BCUT2D eigenvalue weighted by Crippen LogP contribution is 2.41. The summed E-state index contributed by atoms with van der Waals surface area (Å²) in [6.45, 7) is 0. The molecule has 5 nitrogen and oxygen atoms in total. The fourth-order valence-corrected chi connectivity index (χ4v) is 8.91. The molecular weight excluding hydrogens is 735 g/mol. The third-order valence-corrected chi connectivity index (χ3v) is 11.9. The molecule has 282 valence electrons. The highest BCUT2D eigenvalue weighted by molar-refractivity contribution is 6.15. The van der Waals surface area contributed by atoms with Crippen molar-refractivity contribution in [3.63, 3.8) is 0 Å². The van der Waals surface area contributed by atoms with Crippen LogP contribution in [0.2, 0.25) is 0 Å². The van der Waals surface area contributed by atoms with Crippen LogP contribution >= 0.6 is 0 Å². The van der Waals surface area contributed by atoms with Crippen LogP contribution in [0.4, 0.5) is 0 Å². The van der Waals surface area contributed by atoms with Gasteiger partial charge in [0.2, 0.25) is 0 Å². The second-order valence-electron chi connectivity index (χ2n) is 15.4. The van der Waals surface area contributed by atoms with Gasteiger partial charge in [0.1, 0.15) is 22.3 Å². The van der Waals surface area contributed by atoms with E-state index < -0.39 is 0 Å². The Morgan fingerprint density at radius 1 is 0.367 bits per heavy atom. The topological polar surface area (TPSA) is 65.0 Å². The van der Waals surface area contributed by atoms with Crippen molar-refractivity contribution in [3.8, 4) is 56.4 Å². The van der Waals surface area contributed by atoms with E-state index in [0.717, 1.165) is 95.7 Å². The van der Waals surface area contributed by atoms with Crippen LogP contribution in [0, 0.1) is 0 Å². The van der Waals surface area contributed by atoms with Gasteiger partial charge in [0, 0.05) is 43.8 Å². The van der Waals surface area contributed by atoms with Crippen molar-refractivity contribution in [2.75, 3.05) is 0 Å². The highest BCUT2D eigenvalue weighted by Gasteiger charge is 2.19. The van der Waals surface area contributed by atoms with Crippen LogP contribution in [0.5, 0.6) is 0 Å². The van der Waals surface area contributed by atoms with Crippen molar-refractivity contribution in [1.29, 1.82) is 0 Å². The second-order valence-corrected chi connectivity index (χ2v) is 15.4. The molecule has 12 rings (SSSR count). The predicted octanol–water partition coefficient (Wildman–Crippen LogP) is 14.4. The van der Waals surface area contributed by atoms with Gasteiger partial charge in [-0.2, -0.15) is 0 Å². The van der Waals surface area contributed by atoms with E-state index in [1.54, 1.807) is 0 Å². The normalized spacial score (nSPS) is 12.6. The van der Waals surface area contributed by atoms with Gasteiger partial charge in [-0.1, -0.05) is 164 Å². The number of aromatic nitrogens is 3. The summed E-state index contributed by atoms with van der Waals surface area (Å²) in [7, 11) is 0. The molecule has 0 amide bonds. The maximum atomic E-state index is 6.45. The largest absolute Gasteiger partial charge is 0.456 e. The quantitative estimate of drug-likeness (QED) is 0.168. The minimum Gasteiger partial charge on any atom is -0.456 e. The zero-order chi connectivity index (χ0) is 39.6. The smallest absolute Gasteiger partial charge is 0.164 e. The highest BCUT2D eigenvalue weighted by atomic mass is 16.3. The Morgan fingerprint density at radius 2 is 0.933 bits per heavy atom. The molecule has 0 radical (unpaired) electrons. The fourth-order valence-electron chi connectivity index (χ4n) is 8.91. The van der Waals surface area contributed by atoms with Crippen LogP contribution in [0.1, 0.15) is 23.1 Å². The first-order valence-corrected chi connectivity index (χ1v) is 20.4. The average molecular weight is 770 g/mol. The van der Waals surface area contributed by atoms with Gasteiger partial charge in [0.05, 0.1) is 0 Å². The van der Waals surface area contributed by atoms with Gasteiger partial charge in [-0.05, 0) is 76.1 Å². The first kappa shape index (κ1) is 34.2. The van der Waals surface area contributed by atoms with E-state index in [1.807, 2.05) is 48.5 Å². The molecule has 0 unspecified atom stereocenters. The number of allylic oxidation sites excluding steroid dienone is 1. The molecule has 0 fully saturated rings. The zero-order valence-electron chi connectivity index (χ0n) is 32.5. The predicted molar refractivity (Wildman–Crippen MR) is 243 cm³/mol. The Morgan fingerprint density at radius 3 is 1.73 bits per heavy atom. The summed E-state index contributed by atoms with van der Waals surface area (Å²) >= 11 is 0. The summed E-state index contributed by atoms with van der Waals surface area (Å²) in [6.07, 6.45) is 4.47. The Labute approximate surface area is 346 Å². The molecule has 0 bridgehead atoms. The van der Waals surface area contributed by atoms with Crippen LogP contribution in [0.25, 0.3) is 106 Å². The van der Waals surface area contributed by atoms with Crippen molar-refractivity contribution < 1.29 is 8.83 Å². The maximum absolute atomic E-state index is 6.45. The van der Waals surface area contributed by atoms with Gasteiger partial charge in [-0.15, -0.1) is 0 Å². The number of fused-ring (bicyclic) bond motifs is 7. The summed E-state index contributed by atoms with van der Waals surface area (Å²) in [4.78, 5) is 15.1. The molecule has 0 N–H and O–H groups in total. The molecule has 8 aromatic carbocycles. The molecule has 3 heterocycles. The Balaban J connectivity index is 0.921. The first-order valence-electron chi connectivity index (χ1n) is 20.4. The third-order valence-electron chi connectivity index (χ3n) is 11.9. The van der Waals surface area contributed by atoms with E-state index in [0.29, 0.717) is 17.5 Å². The average Bonchev–Trinajstić information content (AvgIpc) is 3.90. The summed E-state index contributed by atoms with van der Waals surface area (Å²) in [5.74, 6) is 1.89. The van der Waals surface area contributed by atoms with E-state index in [1.165, 1.54) is 22.3 Å². The minimum absolute atomic E-state index is 0.620. The molecule has 1 aliphatic rings. The molecule has 0 saturated heterocycles. The molecule has 60 heavy (non-hydrogen) atoms. The monoisotopic (exact) mass is 769 g/mol. The van der Waals surface area contributed by atoms with E-state index in [2.05, 4.69) is 140 Å². The molecular formula is C55H35N3O2. The van der Waals surface area contributed by atoms with Crippen LogP contribution in [0.15, 0.2) is 197 Å². The van der Waals surface area contributed by atoms with Gasteiger partial charge in [-0.3, -0.25) is 0 Å². The number of aryl methyl sites for hydroxylation is 1.